The van der Waals surface area contributed by atoms with Gasteiger partial charge in [-0.2, -0.15) is 4.98 Å². The minimum atomic E-state index is -0.218. The van der Waals surface area contributed by atoms with Crippen LogP contribution in [0.2, 0.25) is 0 Å². The van der Waals surface area contributed by atoms with Gasteiger partial charge in [0.2, 0.25) is 5.95 Å². The zero-order valence-electron chi connectivity index (χ0n) is 6.40. The Balaban J connectivity index is 2.98. The van der Waals surface area contributed by atoms with Crippen molar-refractivity contribution in [3.8, 4) is 0 Å². The lowest BCUT2D eigenvalue weighted by atomic mass is 10.5. The summed E-state index contributed by atoms with van der Waals surface area (Å²) < 4.78 is 1.38. The van der Waals surface area contributed by atoms with Crippen LogP contribution in [-0.4, -0.2) is 19.5 Å². The number of aromatic nitrogens is 4. The van der Waals surface area contributed by atoms with Crippen LogP contribution in [0.25, 0.3) is 11.2 Å². The van der Waals surface area contributed by atoms with Crippen molar-refractivity contribution in [2.24, 2.45) is 7.05 Å². The van der Waals surface area contributed by atoms with E-state index in [1.807, 2.05) is 0 Å². The van der Waals surface area contributed by atoms with Gasteiger partial charge in [-0.3, -0.25) is 4.57 Å². The van der Waals surface area contributed by atoms with Crippen molar-refractivity contribution >= 4 is 17.1 Å². The van der Waals surface area contributed by atoms with Crippen LogP contribution in [0.4, 0.5) is 5.95 Å². The number of nitrogen functional groups attached to an aromatic ring is 1. The van der Waals surface area contributed by atoms with Crippen molar-refractivity contribution in [3.05, 3.63) is 16.7 Å². The summed E-state index contributed by atoms with van der Waals surface area (Å²) >= 11 is 0. The topological polar surface area (TPSA) is 89.6 Å². The molecule has 0 aliphatic heterocycles. The number of nitrogens with two attached hydrogens (primary N) is 1. The van der Waals surface area contributed by atoms with E-state index in [9.17, 15) is 4.79 Å². The van der Waals surface area contributed by atoms with Crippen molar-refractivity contribution in [2.45, 2.75) is 0 Å². The molecule has 2 aromatic heterocycles. The van der Waals surface area contributed by atoms with E-state index in [1.54, 1.807) is 7.05 Å². The highest BCUT2D eigenvalue weighted by atomic mass is 16.1. The van der Waals surface area contributed by atoms with Crippen molar-refractivity contribution in [2.75, 3.05) is 5.73 Å². The number of fused-ring (bicyclic) bond motifs is 1. The summed E-state index contributed by atoms with van der Waals surface area (Å²) in [5.41, 5.74) is 6.25. The molecule has 0 aromatic carbocycles. The number of hydrogen-bond acceptors (Lipinski definition) is 4. The number of imidazole rings is 1. The zero-order chi connectivity index (χ0) is 8.72. The SMILES string of the molecule is Cn1c(=O)[nH]c2cnc(N)nc21. The molecule has 0 fully saturated rings. The van der Waals surface area contributed by atoms with Gasteiger partial charge in [-0.15, -0.1) is 0 Å². The Morgan fingerprint density at radius 2 is 2.42 bits per heavy atom. The van der Waals surface area contributed by atoms with Gasteiger partial charge in [0.15, 0.2) is 5.65 Å². The van der Waals surface area contributed by atoms with E-state index >= 15 is 0 Å². The third-order valence-corrected chi connectivity index (χ3v) is 1.65. The highest BCUT2D eigenvalue weighted by Gasteiger charge is 2.03. The number of aromatic amines is 1. The molecule has 12 heavy (non-hydrogen) atoms. The molecule has 0 amide bonds. The monoisotopic (exact) mass is 165 g/mol. The Labute approximate surface area is 67.1 Å². The largest absolute Gasteiger partial charge is 0.368 e. The van der Waals surface area contributed by atoms with Gasteiger partial charge < -0.3 is 10.7 Å². The second-order valence-electron chi connectivity index (χ2n) is 2.45. The Bertz CT molecular complexity index is 482. The maximum atomic E-state index is 11.0. The lowest BCUT2D eigenvalue weighted by Gasteiger charge is -1.92. The third-order valence-electron chi connectivity index (χ3n) is 1.65. The molecule has 62 valence electrons. The second-order valence-corrected chi connectivity index (χ2v) is 2.45. The maximum Gasteiger partial charge on any atom is 0.327 e. The van der Waals surface area contributed by atoms with Crippen LogP contribution >= 0.6 is 0 Å². The molecule has 0 saturated carbocycles. The summed E-state index contributed by atoms with van der Waals surface area (Å²) in [6.07, 6.45) is 1.49. The number of nitrogens with one attached hydrogen (secondary N) is 1. The van der Waals surface area contributed by atoms with Crippen LogP contribution in [0.1, 0.15) is 0 Å². The number of H-pyrrole nitrogens is 1. The first kappa shape index (κ1) is 6.84. The lowest BCUT2D eigenvalue weighted by molar-refractivity contribution is 0.878. The molecule has 3 N–H and O–H groups in total. The molecule has 0 saturated heterocycles. The van der Waals surface area contributed by atoms with E-state index in [4.69, 9.17) is 5.73 Å². The highest BCUT2D eigenvalue weighted by molar-refractivity contribution is 5.70. The molecular weight excluding hydrogens is 158 g/mol. The quantitative estimate of drug-likeness (QED) is 0.536. The summed E-state index contributed by atoms with van der Waals surface area (Å²) in [5.74, 6) is 0.164. The summed E-state index contributed by atoms with van der Waals surface area (Å²) in [5, 5.41) is 0. The average molecular weight is 165 g/mol. The van der Waals surface area contributed by atoms with E-state index in [1.165, 1.54) is 10.8 Å². The van der Waals surface area contributed by atoms with Crippen LogP contribution < -0.4 is 11.4 Å². The average Bonchev–Trinajstić information content (AvgIpc) is 2.31. The van der Waals surface area contributed by atoms with Gasteiger partial charge in [0.1, 0.15) is 5.52 Å². The first-order valence-corrected chi connectivity index (χ1v) is 3.35. The van der Waals surface area contributed by atoms with Crippen LogP contribution in [0, 0.1) is 0 Å². The van der Waals surface area contributed by atoms with E-state index in [2.05, 4.69) is 15.0 Å². The summed E-state index contributed by atoms with van der Waals surface area (Å²) in [4.78, 5) is 21.3. The molecule has 0 atom stereocenters. The van der Waals surface area contributed by atoms with E-state index in [0.717, 1.165) is 0 Å². The molecule has 0 aliphatic carbocycles. The Morgan fingerprint density at radius 1 is 1.67 bits per heavy atom. The third kappa shape index (κ3) is 0.777. The molecule has 2 aromatic rings. The molecule has 2 heterocycles. The van der Waals surface area contributed by atoms with Gasteiger partial charge in [-0.05, 0) is 0 Å². The van der Waals surface area contributed by atoms with Gasteiger partial charge in [0.05, 0.1) is 6.20 Å². The lowest BCUT2D eigenvalue weighted by Crippen LogP contribution is -2.12. The zero-order valence-corrected chi connectivity index (χ0v) is 6.40. The molecule has 0 bridgehead atoms. The van der Waals surface area contributed by atoms with E-state index in [0.29, 0.717) is 11.2 Å². The molecule has 0 unspecified atom stereocenters. The predicted octanol–water partition coefficient (Wildman–Crippen LogP) is -0.761. The fourth-order valence-electron chi connectivity index (χ4n) is 1.03. The van der Waals surface area contributed by atoms with Gasteiger partial charge in [0.25, 0.3) is 0 Å². The number of rotatable bonds is 0. The highest BCUT2D eigenvalue weighted by Crippen LogP contribution is 2.04. The van der Waals surface area contributed by atoms with E-state index in [-0.39, 0.29) is 11.6 Å². The number of hydrogen-bond donors (Lipinski definition) is 2. The molecule has 0 spiro atoms. The minimum Gasteiger partial charge on any atom is -0.368 e. The Hall–Kier alpha value is -1.85. The van der Waals surface area contributed by atoms with Crippen LogP contribution in [0.15, 0.2) is 11.0 Å². The van der Waals surface area contributed by atoms with Crippen molar-refractivity contribution in [3.63, 3.8) is 0 Å². The van der Waals surface area contributed by atoms with Crippen LogP contribution in [0.3, 0.4) is 0 Å². The number of anilines is 1. The Morgan fingerprint density at radius 3 is 3.17 bits per heavy atom. The number of nitrogens with zero attached hydrogens (tertiary/aromatic N) is 3. The minimum absolute atomic E-state index is 0.164. The van der Waals surface area contributed by atoms with Crippen molar-refractivity contribution in [1.29, 1.82) is 0 Å². The molecular formula is C6H7N5O. The fraction of sp³-hybridized carbons (Fsp3) is 0.167. The molecule has 6 heteroatoms. The molecule has 6 nitrogen and oxygen atoms in total. The summed E-state index contributed by atoms with van der Waals surface area (Å²) in [6.45, 7) is 0. The van der Waals surface area contributed by atoms with E-state index < -0.39 is 0 Å². The van der Waals surface area contributed by atoms with Crippen molar-refractivity contribution < 1.29 is 0 Å². The first-order valence-electron chi connectivity index (χ1n) is 3.35. The maximum absolute atomic E-state index is 11.0. The fourth-order valence-corrected chi connectivity index (χ4v) is 1.03. The standard InChI is InChI=1S/C6H7N5O/c1-11-4-3(9-6(11)12)2-8-5(7)10-4/h2H,1H3,(H,9,12)(H2,7,8,10). The van der Waals surface area contributed by atoms with Crippen LogP contribution in [0.5, 0.6) is 0 Å². The van der Waals surface area contributed by atoms with Gasteiger partial charge >= 0.3 is 5.69 Å². The molecule has 2 rings (SSSR count). The van der Waals surface area contributed by atoms with Gasteiger partial charge in [-0.1, -0.05) is 0 Å². The van der Waals surface area contributed by atoms with Crippen molar-refractivity contribution in [1.82, 2.24) is 19.5 Å². The summed E-state index contributed by atoms with van der Waals surface area (Å²) in [6, 6.07) is 0. The number of aryl methyl sites for hydroxylation is 1. The normalized spacial score (nSPS) is 10.8. The van der Waals surface area contributed by atoms with Gasteiger partial charge in [-0.25, -0.2) is 9.78 Å². The predicted molar refractivity (Wildman–Crippen MR) is 43.5 cm³/mol. The first-order chi connectivity index (χ1) is 5.68. The van der Waals surface area contributed by atoms with Gasteiger partial charge in [0, 0.05) is 7.05 Å². The Kier molecular flexibility index (Phi) is 1.18. The summed E-state index contributed by atoms with van der Waals surface area (Å²) in [7, 11) is 1.62. The smallest absolute Gasteiger partial charge is 0.327 e. The second kappa shape index (κ2) is 2.07. The van der Waals surface area contributed by atoms with Crippen LogP contribution in [-0.2, 0) is 7.05 Å². The molecule has 0 radical (unpaired) electrons. The molecule has 0 aliphatic rings.